The minimum absolute atomic E-state index is 0.221. The van der Waals surface area contributed by atoms with Crippen LogP contribution in [0.1, 0.15) is 35.3 Å². The molecule has 0 saturated heterocycles. The number of hydrogen-bond donors (Lipinski definition) is 2. The van der Waals surface area contributed by atoms with Crippen molar-refractivity contribution in [3.63, 3.8) is 0 Å². The molecule has 4 nitrogen and oxygen atoms in total. The van der Waals surface area contributed by atoms with Crippen molar-refractivity contribution in [3.8, 4) is 5.75 Å². The zero-order chi connectivity index (χ0) is 17.8. The van der Waals surface area contributed by atoms with E-state index in [9.17, 15) is 9.18 Å². The molecule has 1 amide bonds. The van der Waals surface area contributed by atoms with Gasteiger partial charge in [0.25, 0.3) is 5.91 Å². The van der Waals surface area contributed by atoms with E-state index in [1.54, 1.807) is 24.3 Å². The van der Waals surface area contributed by atoms with Gasteiger partial charge in [0, 0.05) is 12.1 Å². The van der Waals surface area contributed by atoms with Crippen molar-refractivity contribution < 1.29 is 13.9 Å². The van der Waals surface area contributed by atoms with Crippen LogP contribution in [0.3, 0.4) is 0 Å². The van der Waals surface area contributed by atoms with Gasteiger partial charge in [0.05, 0.1) is 12.3 Å². The number of carbonyl (C=O) groups is 1. The van der Waals surface area contributed by atoms with Gasteiger partial charge in [0.2, 0.25) is 0 Å². The fraction of sp³-hybridized carbons (Fsp3) is 0.350. The molecule has 132 valence electrons. The molecule has 0 saturated carbocycles. The zero-order valence-corrected chi connectivity index (χ0v) is 14.6. The van der Waals surface area contributed by atoms with Gasteiger partial charge in [-0.1, -0.05) is 26.0 Å². The van der Waals surface area contributed by atoms with Crippen molar-refractivity contribution in [3.05, 3.63) is 58.9 Å². The molecule has 1 aliphatic rings. The number of hydrogen-bond acceptors (Lipinski definition) is 3. The Bertz CT molecular complexity index is 774. The first-order chi connectivity index (χ1) is 12.0. The molecule has 2 aromatic carbocycles. The number of nitrogens with one attached hydrogen (secondary N) is 2. The van der Waals surface area contributed by atoms with Gasteiger partial charge >= 0.3 is 0 Å². The minimum Gasteiger partial charge on any atom is -0.493 e. The molecule has 0 atom stereocenters. The van der Waals surface area contributed by atoms with Gasteiger partial charge in [-0.05, 0) is 54.3 Å². The number of halogens is 1. The quantitative estimate of drug-likeness (QED) is 0.870. The second-order valence-corrected chi connectivity index (χ2v) is 6.68. The number of rotatable bonds is 5. The van der Waals surface area contributed by atoms with E-state index in [0.29, 0.717) is 42.4 Å². The maximum atomic E-state index is 14.7. The standard InChI is InChI=1S/C20H23FN2O2/c1-13(2)12-25-16-5-3-4-14(10-16)20(24)23-18-7-6-15-11-22-9-8-17(15)19(18)21/h3-7,10,13,22H,8-9,11-12H2,1-2H3,(H,23,24). The summed E-state index contributed by atoms with van der Waals surface area (Å²) in [6, 6.07) is 10.4. The summed E-state index contributed by atoms with van der Waals surface area (Å²) in [5, 5.41) is 5.89. The summed E-state index contributed by atoms with van der Waals surface area (Å²) in [7, 11) is 0. The van der Waals surface area contributed by atoms with Crippen molar-refractivity contribution in [2.24, 2.45) is 5.92 Å². The Balaban J connectivity index is 1.75. The SMILES string of the molecule is CC(C)COc1cccc(C(=O)Nc2ccc3c(c2F)CCNC3)c1. The number of carbonyl (C=O) groups excluding carboxylic acids is 1. The fourth-order valence-corrected chi connectivity index (χ4v) is 2.81. The Hall–Kier alpha value is -2.40. The molecule has 0 radical (unpaired) electrons. The molecule has 25 heavy (non-hydrogen) atoms. The number of benzene rings is 2. The number of amides is 1. The average molecular weight is 342 g/mol. The van der Waals surface area contributed by atoms with E-state index in [1.165, 1.54) is 0 Å². The summed E-state index contributed by atoms with van der Waals surface area (Å²) in [5.41, 5.74) is 2.30. The highest BCUT2D eigenvalue weighted by molar-refractivity contribution is 6.04. The molecule has 0 spiro atoms. The first-order valence-electron chi connectivity index (χ1n) is 8.60. The minimum atomic E-state index is -0.345. The molecule has 0 fully saturated rings. The number of ether oxygens (including phenoxy) is 1. The third kappa shape index (κ3) is 4.17. The van der Waals surface area contributed by atoms with Crippen LogP contribution in [0.4, 0.5) is 10.1 Å². The predicted molar refractivity (Wildman–Crippen MR) is 96.5 cm³/mol. The van der Waals surface area contributed by atoms with Gasteiger partial charge in [0.15, 0.2) is 0 Å². The van der Waals surface area contributed by atoms with Crippen molar-refractivity contribution >= 4 is 11.6 Å². The smallest absolute Gasteiger partial charge is 0.255 e. The van der Waals surface area contributed by atoms with Crippen LogP contribution in [0.2, 0.25) is 0 Å². The highest BCUT2D eigenvalue weighted by atomic mass is 19.1. The van der Waals surface area contributed by atoms with E-state index in [0.717, 1.165) is 12.1 Å². The Kier molecular flexibility index (Phi) is 5.34. The molecule has 1 heterocycles. The van der Waals surface area contributed by atoms with E-state index < -0.39 is 0 Å². The Morgan fingerprint density at radius 3 is 2.96 bits per heavy atom. The molecule has 2 N–H and O–H groups in total. The van der Waals surface area contributed by atoms with Gasteiger partial charge in [-0.15, -0.1) is 0 Å². The summed E-state index contributed by atoms with van der Waals surface area (Å²) in [6.07, 6.45) is 0.628. The lowest BCUT2D eigenvalue weighted by atomic mass is 9.99. The molecule has 1 aliphatic heterocycles. The molecular weight excluding hydrogens is 319 g/mol. The van der Waals surface area contributed by atoms with Crippen molar-refractivity contribution in [2.75, 3.05) is 18.5 Å². The molecular formula is C20H23FN2O2. The van der Waals surface area contributed by atoms with Crippen LogP contribution in [0.15, 0.2) is 36.4 Å². The van der Waals surface area contributed by atoms with E-state index in [2.05, 4.69) is 24.5 Å². The maximum absolute atomic E-state index is 14.7. The number of anilines is 1. The highest BCUT2D eigenvalue weighted by Gasteiger charge is 2.18. The fourth-order valence-electron chi connectivity index (χ4n) is 2.81. The van der Waals surface area contributed by atoms with Crippen LogP contribution in [-0.4, -0.2) is 19.1 Å². The van der Waals surface area contributed by atoms with E-state index in [-0.39, 0.29) is 17.4 Å². The monoisotopic (exact) mass is 342 g/mol. The lowest BCUT2D eigenvalue weighted by Crippen LogP contribution is -2.25. The van der Waals surface area contributed by atoms with Crippen LogP contribution in [0.5, 0.6) is 5.75 Å². The van der Waals surface area contributed by atoms with Crippen molar-refractivity contribution in [2.45, 2.75) is 26.8 Å². The lowest BCUT2D eigenvalue weighted by Gasteiger charge is -2.19. The molecule has 2 aromatic rings. The zero-order valence-electron chi connectivity index (χ0n) is 14.6. The van der Waals surface area contributed by atoms with E-state index >= 15 is 0 Å². The van der Waals surface area contributed by atoms with Gasteiger partial charge in [-0.25, -0.2) is 4.39 Å². The molecule has 0 bridgehead atoms. The van der Waals surface area contributed by atoms with Crippen LogP contribution in [-0.2, 0) is 13.0 Å². The number of fused-ring (bicyclic) bond motifs is 1. The third-order valence-corrected chi connectivity index (χ3v) is 4.14. The average Bonchev–Trinajstić information content (AvgIpc) is 2.62. The van der Waals surface area contributed by atoms with Gasteiger partial charge in [-0.3, -0.25) is 4.79 Å². The van der Waals surface area contributed by atoms with Crippen molar-refractivity contribution in [1.82, 2.24) is 5.32 Å². The Labute approximate surface area is 147 Å². The Morgan fingerprint density at radius 1 is 1.32 bits per heavy atom. The van der Waals surface area contributed by atoms with Crippen LogP contribution < -0.4 is 15.4 Å². The summed E-state index contributed by atoms with van der Waals surface area (Å²) < 4.78 is 20.3. The second-order valence-electron chi connectivity index (χ2n) is 6.68. The van der Waals surface area contributed by atoms with E-state index in [1.807, 2.05) is 12.1 Å². The highest BCUT2D eigenvalue weighted by Crippen LogP contribution is 2.25. The first-order valence-corrected chi connectivity index (χ1v) is 8.60. The molecule has 0 aromatic heterocycles. The Morgan fingerprint density at radius 2 is 2.16 bits per heavy atom. The first kappa shape index (κ1) is 17.4. The normalized spacial score (nSPS) is 13.4. The second kappa shape index (κ2) is 7.66. The molecule has 0 aliphatic carbocycles. The predicted octanol–water partition coefficient (Wildman–Crippen LogP) is 3.76. The molecule has 3 rings (SSSR count). The summed E-state index contributed by atoms with van der Waals surface area (Å²) in [4.78, 5) is 12.5. The van der Waals surface area contributed by atoms with Crippen LogP contribution >= 0.6 is 0 Å². The topological polar surface area (TPSA) is 50.4 Å². The third-order valence-electron chi connectivity index (χ3n) is 4.14. The summed E-state index contributed by atoms with van der Waals surface area (Å²) >= 11 is 0. The molecule has 5 heteroatoms. The van der Waals surface area contributed by atoms with Crippen LogP contribution in [0.25, 0.3) is 0 Å². The summed E-state index contributed by atoms with van der Waals surface area (Å²) in [5.74, 6) is 0.359. The largest absolute Gasteiger partial charge is 0.493 e. The summed E-state index contributed by atoms with van der Waals surface area (Å²) in [6.45, 7) is 6.11. The van der Waals surface area contributed by atoms with Gasteiger partial charge < -0.3 is 15.4 Å². The van der Waals surface area contributed by atoms with Crippen LogP contribution in [0, 0.1) is 11.7 Å². The van der Waals surface area contributed by atoms with E-state index in [4.69, 9.17) is 4.74 Å². The van der Waals surface area contributed by atoms with Gasteiger partial charge in [0.1, 0.15) is 11.6 Å². The molecule has 0 unspecified atom stereocenters. The lowest BCUT2D eigenvalue weighted by molar-refractivity contribution is 0.102. The maximum Gasteiger partial charge on any atom is 0.255 e. The van der Waals surface area contributed by atoms with Crippen molar-refractivity contribution in [1.29, 1.82) is 0 Å². The van der Waals surface area contributed by atoms with Gasteiger partial charge in [-0.2, -0.15) is 0 Å².